The maximum absolute atomic E-state index is 13.6. The summed E-state index contributed by atoms with van der Waals surface area (Å²) in [6, 6.07) is 23.9. The van der Waals surface area contributed by atoms with Crippen LogP contribution in [-0.2, 0) is 22.6 Å². The number of aryl methyl sites for hydroxylation is 1. The van der Waals surface area contributed by atoms with Gasteiger partial charge in [0.2, 0.25) is 5.91 Å². The summed E-state index contributed by atoms with van der Waals surface area (Å²) in [5.74, 6) is 0.146. The van der Waals surface area contributed by atoms with Gasteiger partial charge in [0.05, 0.1) is 0 Å². The van der Waals surface area contributed by atoms with Gasteiger partial charge in [-0.1, -0.05) is 72.3 Å². The number of carbonyl (C=O) groups is 2. The van der Waals surface area contributed by atoms with Crippen LogP contribution in [0.5, 0.6) is 5.75 Å². The first-order valence-electron chi connectivity index (χ1n) is 11.7. The number of nitrogens with zero attached hydrogens (tertiary/aromatic N) is 1. The molecule has 0 aliphatic carbocycles. The fourth-order valence-electron chi connectivity index (χ4n) is 3.78. The molecule has 0 unspecified atom stereocenters. The SMILES string of the molecule is Cc1ccccc1OCC(=O)N(Cc1cccc(Cl)c1)[C@H](Cc1ccccc1)C(=O)NC(C)(C)C. The highest BCUT2D eigenvalue weighted by Gasteiger charge is 2.32. The molecule has 0 heterocycles. The van der Waals surface area contributed by atoms with Gasteiger partial charge in [0.25, 0.3) is 5.91 Å². The van der Waals surface area contributed by atoms with Gasteiger partial charge in [-0.15, -0.1) is 0 Å². The van der Waals surface area contributed by atoms with Crippen molar-refractivity contribution in [3.05, 3.63) is 101 Å². The fraction of sp³-hybridized carbons (Fsp3) is 0.310. The van der Waals surface area contributed by atoms with Crippen LogP contribution in [0.25, 0.3) is 0 Å². The monoisotopic (exact) mass is 492 g/mol. The van der Waals surface area contributed by atoms with Crippen molar-refractivity contribution in [1.82, 2.24) is 10.2 Å². The van der Waals surface area contributed by atoms with Gasteiger partial charge in [-0.05, 0) is 62.6 Å². The molecule has 0 saturated heterocycles. The molecule has 0 aliphatic heterocycles. The molecule has 0 aliphatic rings. The van der Waals surface area contributed by atoms with Gasteiger partial charge in [0.15, 0.2) is 6.61 Å². The lowest BCUT2D eigenvalue weighted by molar-refractivity contribution is -0.143. The van der Waals surface area contributed by atoms with Crippen molar-refractivity contribution in [3.8, 4) is 5.75 Å². The number of hydrogen-bond donors (Lipinski definition) is 1. The second kappa shape index (κ2) is 11.9. The largest absolute Gasteiger partial charge is 0.484 e. The number of nitrogens with one attached hydrogen (secondary N) is 1. The average Bonchev–Trinajstić information content (AvgIpc) is 2.80. The molecule has 6 heteroatoms. The zero-order valence-electron chi connectivity index (χ0n) is 20.8. The van der Waals surface area contributed by atoms with E-state index in [1.165, 1.54) is 0 Å². The Bertz CT molecular complexity index is 1140. The first kappa shape index (κ1) is 26.3. The summed E-state index contributed by atoms with van der Waals surface area (Å²) in [6.45, 7) is 7.75. The summed E-state index contributed by atoms with van der Waals surface area (Å²) in [4.78, 5) is 28.7. The van der Waals surface area contributed by atoms with E-state index >= 15 is 0 Å². The molecular formula is C29H33ClN2O3. The molecule has 1 atom stereocenters. The Morgan fingerprint density at radius 3 is 2.26 bits per heavy atom. The second-order valence-corrected chi connectivity index (χ2v) is 10.1. The van der Waals surface area contributed by atoms with E-state index in [2.05, 4.69) is 5.32 Å². The van der Waals surface area contributed by atoms with E-state index in [-0.39, 0.29) is 25.0 Å². The van der Waals surface area contributed by atoms with Crippen molar-refractivity contribution in [2.45, 2.75) is 52.2 Å². The van der Waals surface area contributed by atoms with Gasteiger partial charge in [0.1, 0.15) is 11.8 Å². The molecule has 2 amide bonds. The summed E-state index contributed by atoms with van der Waals surface area (Å²) >= 11 is 6.22. The van der Waals surface area contributed by atoms with Gasteiger partial charge in [0, 0.05) is 23.5 Å². The van der Waals surface area contributed by atoms with E-state index in [1.807, 2.05) is 100 Å². The number of para-hydroxylation sites is 1. The topological polar surface area (TPSA) is 58.6 Å². The normalized spacial score (nSPS) is 12.0. The summed E-state index contributed by atoms with van der Waals surface area (Å²) in [5, 5.41) is 3.63. The minimum atomic E-state index is -0.733. The van der Waals surface area contributed by atoms with Crippen LogP contribution in [0.3, 0.4) is 0 Å². The van der Waals surface area contributed by atoms with Gasteiger partial charge >= 0.3 is 0 Å². The molecular weight excluding hydrogens is 460 g/mol. The van der Waals surface area contributed by atoms with Crippen molar-refractivity contribution in [2.24, 2.45) is 0 Å². The van der Waals surface area contributed by atoms with Crippen molar-refractivity contribution in [1.29, 1.82) is 0 Å². The number of carbonyl (C=O) groups excluding carboxylic acids is 2. The molecule has 184 valence electrons. The third kappa shape index (κ3) is 8.15. The number of ether oxygens (including phenoxy) is 1. The predicted molar refractivity (Wildman–Crippen MR) is 141 cm³/mol. The molecule has 0 bridgehead atoms. The number of hydrogen-bond acceptors (Lipinski definition) is 3. The lowest BCUT2D eigenvalue weighted by Gasteiger charge is -2.33. The Balaban J connectivity index is 1.94. The molecule has 5 nitrogen and oxygen atoms in total. The van der Waals surface area contributed by atoms with E-state index in [0.717, 1.165) is 16.7 Å². The summed E-state index contributed by atoms with van der Waals surface area (Å²) < 4.78 is 5.87. The van der Waals surface area contributed by atoms with Crippen molar-refractivity contribution >= 4 is 23.4 Å². The minimum Gasteiger partial charge on any atom is -0.484 e. The standard InChI is InChI=1S/C29H33ClN2O3/c1-21-11-8-9-16-26(21)35-20-27(33)32(19-23-14-10-15-24(30)17-23)25(28(34)31-29(2,3)4)18-22-12-6-5-7-13-22/h5-17,25H,18-20H2,1-4H3,(H,31,34)/t25-/m1/s1. The fourth-order valence-corrected chi connectivity index (χ4v) is 3.99. The average molecular weight is 493 g/mol. The molecule has 0 radical (unpaired) electrons. The Labute approximate surface area is 213 Å². The molecule has 3 aromatic carbocycles. The van der Waals surface area contributed by atoms with Crippen LogP contribution in [0.2, 0.25) is 5.02 Å². The van der Waals surface area contributed by atoms with Crippen LogP contribution >= 0.6 is 11.6 Å². The Hall–Kier alpha value is -3.31. The summed E-state index contributed by atoms with van der Waals surface area (Å²) in [7, 11) is 0. The first-order chi connectivity index (χ1) is 16.6. The second-order valence-electron chi connectivity index (χ2n) is 9.65. The highest BCUT2D eigenvalue weighted by Crippen LogP contribution is 2.20. The molecule has 0 saturated carbocycles. The van der Waals surface area contributed by atoms with Crippen LogP contribution in [-0.4, -0.2) is 34.9 Å². The molecule has 3 rings (SSSR count). The van der Waals surface area contributed by atoms with E-state index in [4.69, 9.17) is 16.3 Å². The van der Waals surface area contributed by atoms with Crippen LogP contribution in [0.4, 0.5) is 0 Å². The Kier molecular flexibility index (Phi) is 8.94. The van der Waals surface area contributed by atoms with Crippen LogP contribution in [0.1, 0.15) is 37.5 Å². The molecule has 0 spiro atoms. The smallest absolute Gasteiger partial charge is 0.261 e. The van der Waals surface area contributed by atoms with Crippen LogP contribution in [0.15, 0.2) is 78.9 Å². The highest BCUT2D eigenvalue weighted by molar-refractivity contribution is 6.30. The Morgan fingerprint density at radius 2 is 1.60 bits per heavy atom. The van der Waals surface area contributed by atoms with Gasteiger partial charge in [-0.25, -0.2) is 0 Å². The minimum absolute atomic E-state index is 0.181. The molecule has 0 aromatic heterocycles. The van der Waals surface area contributed by atoms with Gasteiger partial charge < -0.3 is 15.0 Å². The molecule has 35 heavy (non-hydrogen) atoms. The Morgan fingerprint density at radius 1 is 0.943 bits per heavy atom. The third-order valence-electron chi connectivity index (χ3n) is 5.46. The lowest BCUT2D eigenvalue weighted by atomic mass is 10.0. The zero-order valence-corrected chi connectivity index (χ0v) is 21.5. The lowest BCUT2D eigenvalue weighted by Crippen LogP contribution is -2.55. The van der Waals surface area contributed by atoms with Crippen molar-refractivity contribution in [3.63, 3.8) is 0 Å². The molecule has 0 fully saturated rings. The quantitative estimate of drug-likeness (QED) is 0.424. The van der Waals surface area contributed by atoms with Crippen LogP contribution < -0.4 is 10.1 Å². The number of rotatable bonds is 9. The van der Waals surface area contributed by atoms with Gasteiger partial charge in [-0.3, -0.25) is 9.59 Å². The van der Waals surface area contributed by atoms with Gasteiger partial charge in [-0.2, -0.15) is 0 Å². The maximum atomic E-state index is 13.6. The van der Waals surface area contributed by atoms with E-state index in [1.54, 1.807) is 11.0 Å². The van der Waals surface area contributed by atoms with E-state index in [9.17, 15) is 9.59 Å². The third-order valence-corrected chi connectivity index (χ3v) is 5.69. The number of benzene rings is 3. The summed E-state index contributed by atoms with van der Waals surface area (Å²) in [5.41, 5.74) is 2.29. The van der Waals surface area contributed by atoms with Crippen molar-refractivity contribution in [2.75, 3.05) is 6.61 Å². The van der Waals surface area contributed by atoms with E-state index in [0.29, 0.717) is 17.2 Å². The van der Waals surface area contributed by atoms with E-state index < -0.39 is 11.6 Å². The molecule has 3 aromatic rings. The number of halogens is 1. The predicted octanol–water partition coefficient (Wildman–Crippen LogP) is 5.58. The highest BCUT2D eigenvalue weighted by atomic mass is 35.5. The maximum Gasteiger partial charge on any atom is 0.261 e. The van der Waals surface area contributed by atoms with Crippen molar-refractivity contribution < 1.29 is 14.3 Å². The number of amides is 2. The zero-order chi connectivity index (χ0) is 25.4. The van der Waals surface area contributed by atoms with Crippen LogP contribution in [0, 0.1) is 6.92 Å². The first-order valence-corrected chi connectivity index (χ1v) is 12.1. The summed E-state index contributed by atoms with van der Waals surface area (Å²) in [6.07, 6.45) is 0.374. The molecule has 1 N–H and O–H groups in total.